The van der Waals surface area contributed by atoms with Gasteiger partial charge in [0.1, 0.15) is 11.6 Å². The van der Waals surface area contributed by atoms with Crippen molar-refractivity contribution in [3.05, 3.63) is 45.6 Å². The first-order chi connectivity index (χ1) is 9.67. The van der Waals surface area contributed by atoms with Crippen molar-refractivity contribution in [3.63, 3.8) is 0 Å². The summed E-state index contributed by atoms with van der Waals surface area (Å²) in [5.74, 6) is 0.845. The molecule has 0 aliphatic heterocycles. The largest absolute Gasteiger partial charge is 0.436 e. The average molecular weight is 330 g/mol. The number of benzene rings is 1. The first-order valence-electron chi connectivity index (χ1n) is 6.33. The maximum atomic E-state index is 9.23. The Morgan fingerprint density at radius 2 is 2.15 bits per heavy atom. The van der Waals surface area contributed by atoms with Crippen LogP contribution in [0.4, 0.5) is 5.69 Å². The fraction of sp³-hybridized carbons (Fsp3) is 0.200. The Labute approximate surface area is 125 Å². The van der Waals surface area contributed by atoms with E-state index in [0.717, 1.165) is 35.0 Å². The molecular weight excluding hydrogens is 318 g/mol. The second-order valence-electron chi connectivity index (χ2n) is 4.70. The highest BCUT2D eigenvalue weighted by molar-refractivity contribution is 9.10. The summed E-state index contributed by atoms with van der Waals surface area (Å²) in [6.45, 7) is 0. The number of nitrogens with zero attached hydrogens (tertiary/aromatic N) is 2. The molecule has 2 aromatic rings. The molecule has 0 fully saturated rings. The minimum atomic E-state index is 0.335. The Morgan fingerprint density at radius 3 is 2.90 bits per heavy atom. The van der Waals surface area contributed by atoms with Crippen LogP contribution >= 0.6 is 15.9 Å². The van der Waals surface area contributed by atoms with Crippen LogP contribution in [0.5, 0.6) is 11.6 Å². The predicted octanol–water partition coefficient (Wildman–Crippen LogP) is 3.58. The van der Waals surface area contributed by atoms with Gasteiger partial charge in [-0.15, -0.1) is 0 Å². The number of aromatic nitrogens is 1. The zero-order valence-electron chi connectivity index (χ0n) is 10.7. The monoisotopic (exact) mass is 329 g/mol. The van der Waals surface area contributed by atoms with Gasteiger partial charge in [-0.3, -0.25) is 0 Å². The molecule has 0 saturated carbocycles. The fourth-order valence-corrected chi connectivity index (χ4v) is 2.71. The second kappa shape index (κ2) is 5.14. The van der Waals surface area contributed by atoms with Crippen LogP contribution in [0.2, 0.25) is 0 Å². The third-order valence-electron chi connectivity index (χ3n) is 3.31. The van der Waals surface area contributed by atoms with Gasteiger partial charge in [-0.1, -0.05) is 15.9 Å². The SMILES string of the molecule is N#Cc1cc2c(nc1Oc1ccc(Br)cc1N)CCC2. The Morgan fingerprint density at radius 1 is 1.30 bits per heavy atom. The highest BCUT2D eigenvalue weighted by Gasteiger charge is 2.18. The van der Waals surface area contributed by atoms with Crippen LogP contribution in [0.15, 0.2) is 28.7 Å². The molecule has 0 bridgehead atoms. The Kier molecular flexibility index (Phi) is 3.33. The summed E-state index contributed by atoms with van der Waals surface area (Å²) < 4.78 is 6.61. The van der Waals surface area contributed by atoms with Gasteiger partial charge in [0, 0.05) is 10.2 Å². The van der Waals surface area contributed by atoms with E-state index in [2.05, 4.69) is 27.0 Å². The molecule has 0 amide bonds. The van der Waals surface area contributed by atoms with Gasteiger partial charge in [-0.2, -0.15) is 5.26 Å². The maximum absolute atomic E-state index is 9.23. The average Bonchev–Trinajstić information content (AvgIpc) is 2.88. The topological polar surface area (TPSA) is 71.9 Å². The summed E-state index contributed by atoms with van der Waals surface area (Å²) in [6, 6.07) is 9.37. The molecule has 2 N–H and O–H groups in total. The van der Waals surface area contributed by atoms with E-state index in [1.54, 1.807) is 12.1 Å². The minimum Gasteiger partial charge on any atom is -0.436 e. The second-order valence-corrected chi connectivity index (χ2v) is 5.61. The Balaban J connectivity index is 2.00. The molecule has 1 heterocycles. The molecule has 3 rings (SSSR count). The van der Waals surface area contributed by atoms with Gasteiger partial charge in [-0.05, 0) is 49.1 Å². The minimum absolute atomic E-state index is 0.335. The van der Waals surface area contributed by atoms with E-state index < -0.39 is 0 Å². The van der Waals surface area contributed by atoms with Crippen LogP contribution in [0.3, 0.4) is 0 Å². The number of aryl methyl sites for hydroxylation is 2. The van der Waals surface area contributed by atoms with Crippen LogP contribution in [-0.2, 0) is 12.8 Å². The van der Waals surface area contributed by atoms with Crippen molar-refractivity contribution < 1.29 is 4.74 Å². The van der Waals surface area contributed by atoms with E-state index >= 15 is 0 Å². The third kappa shape index (κ3) is 2.35. The van der Waals surface area contributed by atoms with E-state index in [0.29, 0.717) is 22.9 Å². The fourth-order valence-electron chi connectivity index (χ4n) is 2.33. The van der Waals surface area contributed by atoms with Gasteiger partial charge in [0.15, 0.2) is 5.75 Å². The molecule has 100 valence electrons. The molecule has 1 aromatic carbocycles. The lowest BCUT2D eigenvalue weighted by molar-refractivity contribution is 0.461. The summed E-state index contributed by atoms with van der Waals surface area (Å²) >= 11 is 3.35. The van der Waals surface area contributed by atoms with Crippen molar-refractivity contribution in [1.29, 1.82) is 5.26 Å². The van der Waals surface area contributed by atoms with Crippen LogP contribution in [0.25, 0.3) is 0 Å². The molecule has 0 radical (unpaired) electrons. The van der Waals surface area contributed by atoms with E-state index in [4.69, 9.17) is 10.5 Å². The van der Waals surface area contributed by atoms with Crippen LogP contribution in [0, 0.1) is 11.3 Å². The number of pyridine rings is 1. The third-order valence-corrected chi connectivity index (χ3v) is 3.81. The lowest BCUT2D eigenvalue weighted by atomic mass is 10.1. The molecule has 4 nitrogen and oxygen atoms in total. The number of nitriles is 1. The van der Waals surface area contributed by atoms with Crippen LogP contribution in [-0.4, -0.2) is 4.98 Å². The number of halogens is 1. The summed E-state index contributed by atoms with van der Waals surface area (Å²) in [6.07, 6.45) is 3.00. The van der Waals surface area contributed by atoms with Crippen molar-refractivity contribution in [2.45, 2.75) is 19.3 Å². The van der Waals surface area contributed by atoms with Gasteiger partial charge in [0.25, 0.3) is 0 Å². The van der Waals surface area contributed by atoms with Crippen molar-refractivity contribution in [3.8, 4) is 17.7 Å². The number of nitrogen functional groups attached to an aromatic ring is 1. The van der Waals surface area contributed by atoms with E-state index in [-0.39, 0.29) is 0 Å². The summed E-state index contributed by atoms with van der Waals surface area (Å²) in [4.78, 5) is 4.47. The molecule has 0 spiro atoms. The molecule has 0 saturated heterocycles. The first-order valence-corrected chi connectivity index (χ1v) is 7.12. The predicted molar refractivity (Wildman–Crippen MR) is 79.6 cm³/mol. The molecular formula is C15H12BrN3O. The molecule has 0 atom stereocenters. The molecule has 1 aliphatic carbocycles. The number of anilines is 1. The van der Waals surface area contributed by atoms with Gasteiger partial charge < -0.3 is 10.5 Å². The number of rotatable bonds is 2. The van der Waals surface area contributed by atoms with Crippen molar-refractivity contribution in [1.82, 2.24) is 4.98 Å². The number of hydrogen-bond donors (Lipinski definition) is 1. The quantitative estimate of drug-likeness (QED) is 0.854. The van der Waals surface area contributed by atoms with Crippen molar-refractivity contribution >= 4 is 21.6 Å². The zero-order chi connectivity index (χ0) is 14.1. The van der Waals surface area contributed by atoms with Gasteiger partial charge >= 0.3 is 0 Å². The van der Waals surface area contributed by atoms with Gasteiger partial charge in [0.05, 0.1) is 5.69 Å². The van der Waals surface area contributed by atoms with E-state index in [9.17, 15) is 5.26 Å². The lowest BCUT2D eigenvalue weighted by Gasteiger charge is -2.10. The van der Waals surface area contributed by atoms with E-state index in [1.807, 2.05) is 12.1 Å². The number of hydrogen-bond acceptors (Lipinski definition) is 4. The molecule has 1 aliphatic rings. The Bertz CT molecular complexity index is 722. The Hall–Kier alpha value is -2.06. The summed E-state index contributed by atoms with van der Waals surface area (Å²) in [7, 11) is 0. The van der Waals surface area contributed by atoms with Crippen LogP contribution < -0.4 is 10.5 Å². The lowest BCUT2D eigenvalue weighted by Crippen LogP contribution is -1.99. The highest BCUT2D eigenvalue weighted by Crippen LogP contribution is 2.32. The van der Waals surface area contributed by atoms with Gasteiger partial charge in [-0.25, -0.2) is 4.98 Å². The number of ether oxygens (including phenoxy) is 1. The molecule has 0 unspecified atom stereocenters. The number of nitrogens with two attached hydrogens (primary N) is 1. The molecule has 5 heteroatoms. The normalized spacial score (nSPS) is 12.8. The first kappa shape index (κ1) is 12.9. The van der Waals surface area contributed by atoms with Crippen LogP contribution in [0.1, 0.15) is 23.2 Å². The summed E-state index contributed by atoms with van der Waals surface area (Å²) in [5, 5.41) is 9.23. The summed E-state index contributed by atoms with van der Waals surface area (Å²) in [5.41, 5.74) is 9.04. The standard InChI is InChI=1S/C15H12BrN3O/c16-11-4-5-14(12(18)7-11)20-15-10(8-17)6-9-2-1-3-13(9)19-15/h4-7H,1-3,18H2. The molecule has 1 aromatic heterocycles. The maximum Gasteiger partial charge on any atom is 0.237 e. The van der Waals surface area contributed by atoms with Gasteiger partial charge in [0.2, 0.25) is 5.88 Å². The van der Waals surface area contributed by atoms with Crippen molar-refractivity contribution in [2.24, 2.45) is 0 Å². The molecule has 20 heavy (non-hydrogen) atoms. The highest BCUT2D eigenvalue weighted by atomic mass is 79.9. The number of fused-ring (bicyclic) bond motifs is 1. The zero-order valence-corrected chi connectivity index (χ0v) is 12.3. The van der Waals surface area contributed by atoms with Crippen molar-refractivity contribution in [2.75, 3.05) is 5.73 Å². The van der Waals surface area contributed by atoms with E-state index in [1.165, 1.54) is 0 Å². The smallest absolute Gasteiger partial charge is 0.237 e.